The van der Waals surface area contributed by atoms with Gasteiger partial charge < -0.3 is 5.32 Å². The molecule has 0 aliphatic carbocycles. The highest BCUT2D eigenvalue weighted by molar-refractivity contribution is 7.99. The van der Waals surface area contributed by atoms with Crippen LogP contribution in [0.15, 0.2) is 17.2 Å². The maximum atomic E-state index is 12.7. The second kappa shape index (κ2) is 9.13. The Balaban J connectivity index is 0.00000400. The van der Waals surface area contributed by atoms with Gasteiger partial charge in [-0.15, -0.1) is 12.4 Å². The van der Waals surface area contributed by atoms with E-state index in [1.807, 2.05) is 13.0 Å². The molecule has 0 bridgehead atoms. The normalized spacial score (nSPS) is 12.4. The summed E-state index contributed by atoms with van der Waals surface area (Å²) in [6.07, 6.45) is -1.73. The molecule has 0 aromatic carbocycles. The van der Waals surface area contributed by atoms with Crippen LogP contribution in [-0.2, 0) is 6.18 Å². The third-order valence-corrected chi connectivity index (χ3v) is 3.96. The van der Waals surface area contributed by atoms with Gasteiger partial charge in [0, 0.05) is 0 Å². The van der Waals surface area contributed by atoms with Gasteiger partial charge in [-0.3, -0.25) is 0 Å². The van der Waals surface area contributed by atoms with Gasteiger partial charge in [-0.25, -0.2) is 4.98 Å². The van der Waals surface area contributed by atoms with Gasteiger partial charge in [-0.05, 0) is 25.6 Å². The number of halogens is 4. The summed E-state index contributed by atoms with van der Waals surface area (Å²) in [5.41, 5.74) is -0.802. The van der Waals surface area contributed by atoms with E-state index in [9.17, 15) is 13.2 Å². The third-order valence-electron chi connectivity index (χ3n) is 2.67. The van der Waals surface area contributed by atoms with Crippen molar-refractivity contribution in [2.24, 2.45) is 0 Å². The molecule has 1 heterocycles. The second-order valence-electron chi connectivity index (χ2n) is 4.20. The minimum Gasteiger partial charge on any atom is -0.308 e. The molecule has 1 N–H and O–H groups in total. The third kappa shape index (κ3) is 6.12. The minimum absolute atomic E-state index is 0. The molecule has 0 spiro atoms. The number of hydrogen-bond donors (Lipinski definition) is 1. The van der Waals surface area contributed by atoms with Crippen LogP contribution in [0, 0.1) is 11.3 Å². The molecular weight excluding hydrogens is 323 g/mol. The Bertz CT molecular complexity index is 489. The SMILES string of the molecule is CCCCC(NC)Sc1nc(C(F)(F)F)ccc1C#N.Cl. The Hall–Kier alpha value is -0.970. The quantitative estimate of drug-likeness (QED) is 0.622. The average molecular weight is 340 g/mol. The average Bonchev–Trinajstić information content (AvgIpc) is 2.42. The smallest absolute Gasteiger partial charge is 0.308 e. The molecule has 3 nitrogen and oxygen atoms in total. The van der Waals surface area contributed by atoms with E-state index in [0.29, 0.717) is 0 Å². The number of nitrogens with one attached hydrogen (secondary N) is 1. The van der Waals surface area contributed by atoms with Crippen LogP contribution in [0.4, 0.5) is 13.2 Å². The van der Waals surface area contributed by atoms with E-state index >= 15 is 0 Å². The molecule has 1 rings (SSSR count). The minimum atomic E-state index is -4.50. The fraction of sp³-hybridized carbons (Fsp3) is 0.538. The van der Waals surface area contributed by atoms with E-state index < -0.39 is 11.9 Å². The standard InChI is InChI=1S/C13H16F3N3S.ClH/c1-3-4-5-11(18-2)20-12-9(8-17)6-7-10(19-12)13(14,15)16;/h6-7,11,18H,3-5H2,1-2H3;1H. The number of hydrogen-bond acceptors (Lipinski definition) is 4. The molecule has 8 heteroatoms. The number of nitrogens with zero attached hydrogens (tertiary/aromatic N) is 2. The lowest BCUT2D eigenvalue weighted by atomic mass is 10.2. The van der Waals surface area contributed by atoms with E-state index in [1.54, 1.807) is 7.05 Å². The van der Waals surface area contributed by atoms with Crippen LogP contribution >= 0.6 is 24.2 Å². The molecule has 1 atom stereocenters. The number of nitriles is 1. The van der Waals surface area contributed by atoms with Crippen LogP contribution in [0.2, 0.25) is 0 Å². The largest absolute Gasteiger partial charge is 0.433 e. The Labute approximate surface area is 132 Å². The Morgan fingerprint density at radius 3 is 2.57 bits per heavy atom. The van der Waals surface area contributed by atoms with Gasteiger partial charge in [-0.1, -0.05) is 31.5 Å². The van der Waals surface area contributed by atoms with Crippen LogP contribution in [0.25, 0.3) is 0 Å². The molecule has 1 aromatic rings. The molecule has 0 saturated carbocycles. The molecule has 1 aromatic heterocycles. The monoisotopic (exact) mass is 339 g/mol. The summed E-state index contributed by atoms with van der Waals surface area (Å²) in [7, 11) is 1.74. The van der Waals surface area contributed by atoms with Crippen LogP contribution in [0.1, 0.15) is 37.4 Å². The maximum absolute atomic E-state index is 12.7. The second-order valence-corrected chi connectivity index (χ2v) is 5.39. The van der Waals surface area contributed by atoms with Crippen molar-refractivity contribution in [3.63, 3.8) is 0 Å². The van der Waals surface area contributed by atoms with Crippen molar-refractivity contribution in [3.05, 3.63) is 23.4 Å². The zero-order valence-electron chi connectivity index (χ0n) is 11.7. The number of rotatable bonds is 6. The van der Waals surface area contributed by atoms with Crippen LogP contribution < -0.4 is 5.32 Å². The molecule has 21 heavy (non-hydrogen) atoms. The first kappa shape index (κ1) is 20.0. The zero-order valence-corrected chi connectivity index (χ0v) is 13.3. The number of aromatic nitrogens is 1. The zero-order chi connectivity index (χ0) is 15.2. The molecule has 0 amide bonds. The van der Waals surface area contributed by atoms with Crippen LogP contribution in [0.5, 0.6) is 0 Å². The van der Waals surface area contributed by atoms with Crippen LogP contribution in [0.3, 0.4) is 0 Å². The Morgan fingerprint density at radius 1 is 1.43 bits per heavy atom. The lowest BCUT2D eigenvalue weighted by molar-refractivity contribution is -0.141. The lowest BCUT2D eigenvalue weighted by Crippen LogP contribution is -2.21. The first-order valence-electron chi connectivity index (χ1n) is 6.24. The van der Waals surface area contributed by atoms with Crippen molar-refractivity contribution >= 4 is 24.2 Å². The fourth-order valence-electron chi connectivity index (χ4n) is 1.56. The van der Waals surface area contributed by atoms with Crippen molar-refractivity contribution in [3.8, 4) is 6.07 Å². The summed E-state index contributed by atoms with van der Waals surface area (Å²) in [4.78, 5) is 3.59. The number of unbranched alkanes of at least 4 members (excludes halogenated alkanes) is 1. The molecular formula is C13H17ClF3N3S. The number of thioether (sulfide) groups is 1. The summed E-state index contributed by atoms with van der Waals surface area (Å²) in [5.74, 6) is 0. The highest BCUT2D eigenvalue weighted by Gasteiger charge is 2.33. The Morgan fingerprint density at radius 2 is 2.10 bits per heavy atom. The lowest BCUT2D eigenvalue weighted by Gasteiger charge is -2.16. The molecule has 0 radical (unpaired) electrons. The summed E-state index contributed by atoms with van der Waals surface area (Å²) < 4.78 is 38.0. The first-order chi connectivity index (χ1) is 9.42. The van der Waals surface area contributed by atoms with Gasteiger partial charge in [0.2, 0.25) is 0 Å². The van der Waals surface area contributed by atoms with Crippen molar-refractivity contribution in [2.45, 2.75) is 42.8 Å². The van der Waals surface area contributed by atoms with E-state index in [-0.39, 0.29) is 28.4 Å². The number of alkyl halides is 3. The maximum Gasteiger partial charge on any atom is 0.433 e. The molecule has 0 aliphatic heterocycles. The van der Waals surface area contributed by atoms with Gasteiger partial charge in [0.05, 0.1) is 10.9 Å². The summed E-state index contributed by atoms with van der Waals surface area (Å²) >= 11 is 1.17. The topological polar surface area (TPSA) is 48.7 Å². The molecule has 0 fully saturated rings. The van der Waals surface area contributed by atoms with Crippen molar-refractivity contribution in [1.29, 1.82) is 5.26 Å². The van der Waals surface area contributed by atoms with E-state index in [1.165, 1.54) is 17.8 Å². The highest BCUT2D eigenvalue weighted by atomic mass is 35.5. The molecule has 118 valence electrons. The number of pyridine rings is 1. The van der Waals surface area contributed by atoms with Gasteiger partial charge in [0.1, 0.15) is 16.8 Å². The fourth-order valence-corrected chi connectivity index (χ4v) is 2.62. The summed E-state index contributed by atoms with van der Waals surface area (Å²) in [6.45, 7) is 2.04. The van der Waals surface area contributed by atoms with Crippen LogP contribution in [-0.4, -0.2) is 17.4 Å². The Kier molecular flexibility index (Phi) is 8.71. The predicted molar refractivity (Wildman–Crippen MR) is 79.4 cm³/mol. The summed E-state index contributed by atoms with van der Waals surface area (Å²) in [6, 6.07) is 3.89. The highest BCUT2D eigenvalue weighted by Crippen LogP contribution is 2.32. The molecule has 0 saturated heterocycles. The van der Waals surface area contributed by atoms with Gasteiger partial charge in [-0.2, -0.15) is 18.4 Å². The van der Waals surface area contributed by atoms with Gasteiger partial charge in [0.15, 0.2) is 0 Å². The molecule has 1 unspecified atom stereocenters. The summed E-state index contributed by atoms with van der Waals surface area (Å²) in [5, 5.41) is 12.1. The van der Waals surface area contributed by atoms with Crippen molar-refractivity contribution in [2.75, 3.05) is 7.05 Å². The van der Waals surface area contributed by atoms with Gasteiger partial charge >= 0.3 is 6.18 Å². The predicted octanol–water partition coefficient (Wildman–Crippen LogP) is 4.22. The first-order valence-corrected chi connectivity index (χ1v) is 7.12. The van der Waals surface area contributed by atoms with E-state index in [2.05, 4.69) is 10.3 Å². The van der Waals surface area contributed by atoms with Gasteiger partial charge in [0.25, 0.3) is 0 Å². The van der Waals surface area contributed by atoms with E-state index in [0.717, 1.165) is 25.3 Å². The molecule has 0 aliphatic rings. The van der Waals surface area contributed by atoms with Crippen molar-refractivity contribution < 1.29 is 13.2 Å². The van der Waals surface area contributed by atoms with E-state index in [4.69, 9.17) is 5.26 Å². The van der Waals surface area contributed by atoms with Crippen molar-refractivity contribution in [1.82, 2.24) is 10.3 Å².